The normalized spacial score (nSPS) is 12.0. The van der Waals surface area contributed by atoms with Crippen LogP contribution >= 0.6 is 0 Å². The van der Waals surface area contributed by atoms with Crippen molar-refractivity contribution in [1.82, 2.24) is 15.0 Å². The Morgan fingerprint density at radius 3 is 2.71 bits per heavy atom. The molecule has 7 heteroatoms. The van der Waals surface area contributed by atoms with Gasteiger partial charge >= 0.3 is 6.18 Å². The molecule has 0 aliphatic carbocycles. The summed E-state index contributed by atoms with van der Waals surface area (Å²) in [4.78, 5) is 0. The standard InChI is InChI=1S/C7H11F3N4/c8-7(9,10)5-14-4-6(12-13-14)2-1-3-11/h4H,1-3,5,11H2. The lowest BCUT2D eigenvalue weighted by molar-refractivity contribution is -0.142. The molecule has 0 unspecified atom stereocenters. The smallest absolute Gasteiger partial charge is 0.330 e. The van der Waals surface area contributed by atoms with Crippen molar-refractivity contribution >= 4 is 0 Å². The van der Waals surface area contributed by atoms with Crippen molar-refractivity contribution in [1.29, 1.82) is 0 Å². The van der Waals surface area contributed by atoms with Crippen molar-refractivity contribution in [2.24, 2.45) is 5.73 Å². The van der Waals surface area contributed by atoms with Crippen LogP contribution in [-0.2, 0) is 13.0 Å². The average molecular weight is 208 g/mol. The van der Waals surface area contributed by atoms with E-state index in [1.54, 1.807) is 0 Å². The maximum Gasteiger partial charge on any atom is 0.408 e. The molecule has 0 atom stereocenters. The molecule has 0 radical (unpaired) electrons. The minimum atomic E-state index is -4.25. The Hall–Kier alpha value is -1.11. The number of hydrogen-bond donors (Lipinski definition) is 1. The van der Waals surface area contributed by atoms with Crippen molar-refractivity contribution in [3.8, 4) is 0 Å². The van der Waals surface area contributed by atoms with E-state index in [4.69, 9.17) is 5.73 Å². The minimum absolute atomic E-state index is 0.492. The molecule has 2 N–H and O–H groups in total. The maximum atomic E-state index is 11.9. The first-order chi connectivity index (χ1) is 6.51. The number of alkyl halides is 3. The number of rotatable bonds is 4. The molecule has 4 nitrogen and oxygen atoms in total. The van der Waals surface area contributed by atoms with E-state index in [0.717, 1.165) is 4.68 Å². The maximum absolute atomic E-state index is 11.9. The number of halogens is 3. The van der Waals surface area contributed by atoms with Gasteiger partial charge in [0.2, 0.25) is 0 Å². The van der Waals surface area contributed by atoms with E-state index < -0.39 is 12.7 Å². The van der Waals surface area contributed by atoms with Gasteiger partial charge < -0.3 is 5.73 Å². The van der Waals surface area contributed by atoms with Gasteiger partial charge in [0, 0.05) is 6.20 Å². The van der Waals surface area contributed by atoms with Crippen LogP contribution in [0.3, 0.4) is 0 Å². The van der Waals surface area contributed by atoms with Crippen LogP contribution in [0.4, 0.5) is 13.2 Å². The number of aryl methyl sites for hydroxylation is 1. The summed E-state index contributed by atoms with van der Waals surface area (Å²) >= 11 is 0. The van der Waals surface area contributed by atoms with Crippen molar-refractivity contribution in [3.63, 3.8) is 0 Å². The Balaban J connectivity index is 2.51. The number of hydrogen-bond acceptors (Lipinski definition) is 3. The summed E-state index contributed by atoms with van der Waals surface area (Å²) in [6.45, 7) is -0.602. The Morgan fingerprint density at radius 1 is 1.43 bits per heavy atom. The van der Waals surface area contributed by atoms with Crippen LogP contribution in [0.1, 0.15) is 12.1 Å². The van der Waals surface area contributed by atoms with Crippen molar-refractivity contribution < 1.29 is 13.2 Å². The lowest BCUT2D eigenvalue weighted by atomic mass is 10.2. The van der Waals surface area contributed by atoms with Gasteiger partial charge in [0.25, 0.3) is 0 Å². The summed E-state index contributed by atoms with van der Waals surface area (Å²) < 4.78 is 36.5. The SMILES string of the molecule is NCCCc1cn(CC(F)(F)F)nn1. The molecular formula is C7H11F3N4. The molecule has 0 bridgehead atoms. The molecule has 0 fully saturated rings. The van der Waals surface area contributed by atoms with E-state index in [2.05, 4.69) is 10.3 Å². The molecule has 0 aromatic carbocycles. The van der Waals surface area contributed by atoms with E-state index in [-0.39, 0.29) is 0 Å². The fourth-order valence-electron chi connectivity index (χ4n) is 0.997. The second-order valence-corrected chi connectivity index (χ2v) is 2.91. The van der Waals surface area contributed by atoms with Crippen LogP contribution in [0.25, 0.3) is 0 Å². The van der Waals surface area contributed by atoms with Gasteiger partial charge in [-0.2, -0.15) is 13.2 Å². The third-order valence-corrected chi connectivity index (χ3v) is 1.56. The highest BCUT2D eigenvalue weighted by atomic mass is 19.4. The predicted molar refractivity (Wildman–Crippen MR) is 43.5 cm³/mol. The Bertz CT molecular complexity index is 281. The summed E-state index contributed by atoms with van der Waals surface area (Å²) in [7, 11) is 0. The third kappa shape index (κ3) is 3.73. The molecule has 0 saturated heterocycles. The second-order valence-electron chi connectivity index (χ2n) is 2.91. The number of aromatic nitrogens is 3. The zero-order valence-corrected chi connectivity index (χ0v) is 7.46. The van der Waals surface area contributed by atoms with Crippen molar-refractivity contribution in [2.45, 2.75) is 25.6 Å². The summed E-state index contributed by atoms with van der Waals surface area (Å²) in [5.41, 5.74) is 5.79. The molecule has 1 aromatic rings. The van der Waals surface area contributed by atoms with E-state index in [9.17, 15) is 13.2 Å². The van der Waals surface area contributed by atoms with Crippen LogP contribution < -0.4 is 5.73 Å². The molecule has 14 heavy (non-hydrogen) atoms. The highest BCUT2D eigenvalue weighted by Crippen LogP contribution is 2.16. The zero-order chi connectivity index (χ0) is 10.6. The molecule has 0 aliphatic rings. The van der Waals surface area contributed by atoms with Crippen LogP contribution in [-0.4, -0.2) is 27.7 Å². The van der Waals surface area contributed by atoms with Gasteiger partial charge in [0.1, 0.15) is 6.54 Å². The Morgan fingerprint density at radius 2 is 2.14 bits per heavy atom. The first-order valence-electron chi connectivity index (χ1n) is 4.17. The fourth-order valence-corrected chi connectivity index (χ4v) is 0.997. The average Bonchev–Trinajstić information content (AvgIpc) is 2.46. The summed E-state index contributed by atoms with van der Waals surface area (Å²) in [5.74, 6) is 0. The number of nitrogens with two attached hydrogens (primary N) is 1. The highest BCUT2D eigenvalue weighted by Gasteiger charge is 2.28. The second kappa shape index (κ2) is 4.41. The molecule has 1 aromatic heterocycles. The number of nitrogens with zero attached hydrogens (tertiary/aromatic N) is 3. The van der Waals surface area contributed by atoms with Gasteiger partial charge in [-0.15, -0.1) is 5.10 Å². The zero-order valence-electron chi connectivity index (χ0n) is 7.46. The molecule has 1 heterocycles. The van der Waals surface area contributed by atoms with Crippen LogP contribution in [0.15, 0.2) is 6.20 Å². The third-order valence-electron chi connectivity index (χ3n) is 1.56. The monoisotopic (exact) mass is 208 g/mol. The lowest BCUT2D eigenvalue weighted by Crippen LogP contribution is -2.18. The predicted octanol–water partition coefficient (Wildman–Crippen LogP) is 0.732. The van der Waals surface area contributed by atoms with Crippen LogP contribution in [0, 0.1) is 0 Å². The molecule has 0 spiro atoms. The minimum Gasteiger partial charge on any atom is -0.330 e. The van der Waals surface area contributed by atoms with Gasteiger partial charge in [-0.1, -0.05) is 5.21 Å². The first-order valence-corrected chi connectivity index (χ1v) is 4.17. The van der Waals surface area contributed by atoms with Gasteiger partial charge in [0.15, 0.2) is 0 Å². The Labute approximate surface area is 78.9 Å². The highest BCUT2D eigenvalue weighted by molar-refractivity contribution is 4.92. The van der Waals surface area contributed by atoms with E-state index >= 15 is 0 Å². The van der Waals surface area contributed by atoms with Crippen LogP contribution in [0.2, 0.25) is 0 Å². The van der Waals surface area contributed by atoms with E-state index in [0.29, 0.717) is 25.1 Å². The fraction of sp³-hybridized carbons (Fsp3) is 0.714. The summed E-state index contributed by atoms with van der Waals surface area (Å²) in [6.07, 6.45) is -1.69. The first kappa shape index (κ1) is 11.0. The molecule has 0 aliphatic heterocycles. The molecule has 0 amide bonds. The van der Waals surface area contributed by atoms with Gasteiger partial charge in [-0.05, 0) is 19.4 Å². The van der Waals surface area contributed by atoms with E-state index in [1.165, 1.54) is 6.20 Å². The molecule has 1 rings (SSSR count). The molecular weight excluding hydrogens is 197 g/mol. The molecule has 80 valence electrons. The van der Waals surface area contributed by atoms with Crippen molar-refractivity contribution in [2.75, 3.05) is 6.54 Å². The van der Waals surface area contributed by atoms with Crippen molar-refractivity contribution in [3.05, 3.63) is 11.9 Å². The molecule has 0 saturated carbocycles. The van der Waals surface area contributed by atoms with Crippen LogP contribution in [0.5, 0.6) is 0 Å². The lowest BCUT2D eigenvalue weighted by Gasteiger charge is -2.03. The van der Waals surface area contributed by atoms with Gasteiger partial charge in [-0.3, -0.25) is 0 Å². The Kier molecular flexibility index (Phi) is 3.45. The summed E-state index contributed by atoms with van der Waals surface area (Å²) in [6, 6.07) is 0. The quantitative estimate of drug-likeness (QED) is 0.793. The van der Waals surface area contributed by atoms with Gasteiger partial charge in [-0.25, -0.2) is 4.68 Å². The topological polar surface area (TPSA) is 56.7 Å². The summed E-state index contributed by atoms with van der Waals surface area (Å²) in [5, 5.41) is 6.96. The van der Waals surface area contributed by atoms with E-state index in [1.807, 2.05) is 0 Å². The van der Waals surface area contributed by atoms with Gasteiger partial charge in [0.05, 0.1) is 5.69 Å². The largest absolute Gasteiger partial charge is 0.408 e.